The zero-order valence-corrected chi connectivity index (χ0v) is 12.9. The fourth-order valence-electron chi connectivity index (χ4n) is 1.79. The lowest BCUT2D eigenvalue weighted by Crippen LogP contribution is -2.14. The van der Waals surface area contributed by atoms with Gasteiger partial charge in [0.2, 0.25) is 0 Å². The molecule has 0 aliphatic heterocycles. The molecule has 0 spiro atoms. The van der Waals surface area contributed by atoms with E-state index in [-0.39, 0.29) is 0 Å². The minimum absolute atomic E-state index is 0.573. The maximum absolute atomic E-state index is 5.48. The van der Waals surface area contributed by atoms with Crippen molar-refractivity contribution in [2.24, 2.45) is 5.73 Å². The van der Waals surface area contributed by atoms with E-state index >= 15 is 0 Å². The van der Waals surface area contributed by atoms with Crippen molar-refractivity contribution in [3.05, 3.63) is 46.2 Å². The van der Waals surface area contributed by atoms with Gasteiger partial charge in [-0.3, -0.25) is 0 Å². The molecule has 0 saturated carbocycles. The molecule has 1 aromatic carbocycles. The van der Waals surface area contributed by atoms with E-state index in [1.165, 1.54) is 5.56 Å². The van der Waals surface area contributed by atoms with Gasteiger partial charge < -0.3 is 16.4 Å². The first-order chi connectivity index (χ1) is 9.67. The fourth-order valence-corrected chi connectivity index (χ4v) is 2.24. The van der Waals surface area contributed by atoms with Gasteiger partial charge >= 0.3 is 0 Å². The second-order valence-electron chi connectivity index (χ2n) is 4.38. The first-order valence-corrected chi connectivity index (χ1v) is 7.24. The average Bonchev–Trinajstić information content (AvgIpc) is 2.42. The van der Waals surface area contributed by atoms with Crippen LogP contribution in [0.1, 0.15) is 11.4 Å². The molecule has 0 radical (unpaired) electrons. The number of nitrogens with one attached hydrogen (secondary N) is 2. The number of rotatable bonds is 6. The Hall–Kier alpha value is -1.66. The van der Waals surface area contributed by atoms with Gasteiger partial charge in [-0.1, -0.05) is 28.1 Å². The normalized spacial score (nSPS) is 10.3. The zero-order chi connectivity index (χ0) is 14.4. The van der Waals surface area contributed by atoms with Gasteiger partial charge in [0, 0.05) is 30.2 Å². The number of nitrogens with zero attached hydrogens (tertiary/aromatic N) is 2. The summed E-state index contributed by atoms with van der Waals surface area (Å²) in [5.41, 5.74) is 6.66. The molecule has 0 aliphatic rings. The Morgan fingerprint density at radius 1 is 1.15 bits per heavy atom. The topological polar surface area (TPSA) is 75.9 Å². The van der Waals surface area contributed by atoms with E-state index in [1.807, 2.05) is 25.1 Å². The summed E-state index contributed by atoms with van der Waals surface area (Å²) < 4.78 is 1.07. The zero-order valence-electron chi connectivity index (χ0n) is 11.4. The van der Waals surface area contributed by atoms with Crippen molar-refractivity contribution in [2.75, 3.05) is 23.7 Å². The third kappa shape index (κ3) is 4.47. The summed E-state index contributed by atoms with van der Waals surface area (Å²) in [6.07, 6.45) is 0. The summed E-state index contributed by atoms with van der Waals surface area (Å²) in [6, 6.07) is 10.1. The highest BCUT2D eigenvalue weighted by Crippen LogP contribution is 2.15. The number of anilines is 2. The van der Waals surface area contributed by atoms with Gasteiger partial charge in [-0.25, -0.2) is 9.97 Å². The minimum Gasteiger partial charge on any atom is -0.369 e. The highest BCUT2D eigenvalue weighted by molar-refractivity contribution is 9.10. The number of aryl methyl sites for hydroxylation is 1. The lowest BCUT2D eigenvalue weighted by atomic mass is 10.2. The van der Waals surface area contributed by atoms with Gasteiger partial charge in [0.05, 0.1) is 0 Å². The van der Waals surface area contributed by atoms with Crippen LogP contribution in [0.5, 0.6) is 0 Å². The van der Waals surface area contributed by atoms with E-state index in [0.29, 0.717) is 19.6 Å². The maximum Gasteiger partial charge on any atom is 0.132 e. The van der Waals surface area contributed by atoms with Gasteiger partial charge in [-0.15, -0.1) is 0 Å². The van der Waals surface area contributed by atoms with E-state index in [4.69, 9.17) is 5.73 Å². The SMILES string of the molecule is Cc1nc(NCCN)cc(NCc2cccc(Br)c2)n1. The van der Waals surface area contributed by atoms with Gasteiger partial charge in [-0.05, 0) is 24.6 Å². The number of benzene rings is 1. The smallest absolute Gasteiger partial charge is 0.132 e. The first kappa shape index (κ1) is 14.7. The average molecular weight is 336 g/mol. The molecule has 6 heteroatoms. The van der Waals surface area contributed by atoms with Gasteiger partial charge in [0.15, 0.2) is 0 Å². The third-order valence-electron chi connectivity index (χ3n) is 2.65. The molecule has 1 aromatic heterocycles. The molecule has 0 fully saturated rings. The Bertz CT molecular complexity index is 573. The van der Waals surface area contributed by atoms with Crippen LogP contribution in [0.15, 0.2) is 34.8 Å². The molecule has 0 saturated heterocycles. The molecular weight excluding hydrogens is 318 g/mol. The fraction of sp³-hybridized carbons (Fsp3) is 0.286. The van der Waals surface area contributed by atoms with E-state index in [1.54, 1.807) is 0 Å². The largest absolute Gasteiger partial charge is 0.369 e. The molecule has 5 nitrogen and oxygen atoms in total. The van der Waals surface area contributed by atoms with Crippen LogP contribution >= 0.6 is 15.9 Å². The molecule has 4 N–H and O–H groups in total. The Labute approximate surface area is 127 Å². The molecule has 1 heterocycles. The highest BCUT2D eigenvalue weighted by Gasteiger charge is 2.02. The molecule has 106 valence electrons. The molecule has 0 atom stereocenters. The standard InChI is InChI=1S/C14H18BrN5/c1-10-19-13(17-6-5-16)8-14(20-10)18-9-11-3-2-4-12(15)7-11/h2-4,7-8H,5-6,9,16H2,1H3,(H2,17,18,19,20). The molecule has 0 amide bonds. The maximum atomic E-state index is 5.48. The molecule has 20 heavy (non-hydrogen) atoms. The Kier molecular flexibility index (Phi) is 5.31. The summed E-state index contributed by atoms with van der Waals surface area (Å²) in [7, 11) is 0. The summed E-state index contributed by atoms with van der Waals surface area (Å²) >= 11 is 3.46. The monoisotopic (exact) mass is 335 g/mol. The van der Waals surface area contributed by atoms with E-state index < -0.39 is 0 Å². The lowest BCUT2D eigenvalue weighted by molar-refractivity contribution is 0.978. The van der Waals surface area contributed by atoms with E-state index in [0.717, 1.165) is 21.9 Å². The van der Waals surface area contributed by atoms with Crippen LogP contribution in [-0.4, -0.2) is 23.1 Å². The van der Waals surface area contributed by atoms with Crippen molar-refractivity contribution in [1.29, 1.82) is 0 Å². The lowest BCUT2D eigenvalue weighted by Gasteiger charge is -2.10. The predicted molar refractivity (Wildman–Crippen MR) is 85.8 cm³/mol. The van der Waals surface area contributed by atoms with Crippen LogP contribution in [-0.2, 0) is 6.54 Å². The number of hydrogen-bond acceptors (Lipinski definition) is 5. The van der Waals surface area contributed by atoms with E-state index in [2.05, 4.69) is 48.7 Å². The Morgan fingerprint density at radius 3 is 2.60 bits per heavy atom. The van der Waals surface area contributed by atoms with Gasteiger partial charge in [-0.2, -0.15) is 0 Å². The Balaban J connectivity index is 2.03. The number of hydrogen-bond donors (Lipinski definition) is 3. The number of nitrogens with two attached hydrogens (primary N) is 1. The van der Waals surface area contributed by atoms with Crippen LogP contribution in [0.25, 0.3) is 0 Å². The quantitative estimate of drug-likeness (QED) is 0.756. The molecule has 2 aromatic rings. The number of aromatic nitrogens is 2. The summed E-state index contributed by atoms with van der Waals surface area (Å²) in [4.78, 5) is 8.69. The van der Waals surface area contributed by atoms with Crippen LogP contribution in [0.4, 0.5) is 11.6 Å². The molecular formula is C14H18BrN5. The van der Waals surface area contributed by atoms with Crippen LogP contribution in [0.2, 0.25) is 0 Å². The van der Waals surface area contributed by atoms with Crippen molar-refractivity contribution in [3.8, 4) is 0 Å². The summed E-state index contributed by atoms with van der Waals surface area (Å²) in [5, 5.41) is 6.46. The minimum atomic E-state index is 0.573. The molecule has 0 aliphatic carbocycles. The van der Waals surface area contributed by atoms with Crippen molar-refractivity contribution in [1.82, 2.24) is 9.97 Å². The summed E-state index contributed by atoms with van der Waals surface area (Å²) in [6.45, 7) is 3.86. The second-order valence-corrected chi connectivity index (χ2v) is 5.30. The molecule has 2 rings (SSSR count). The van der Waals surface area contributed by atoms with E-state index in [9.17, 15) is 0 Å². The van der Waals surface area contributed by atoms with Crippen molar-refractivity contribution in [2.45, 2.75) is 13.5 Å². The van der Waals surface area contributed by atoms with Crippen molar-refractivity contribution < 1.29 is 0 Å². The first-order valence-electron chi connectivity index (χ1n) is 6.45. The van der Waals surface area contributed by atoms with Crippen molar-refractivity contribution >= 4 is 27.6 Å². The predicted octanol–water partition coefficient (Wildman–Crippen LogP) is 2.53. The van der Waals surface area contributed by atoms with Gasteiger partial charge in [0.1, 0.15) is 17.5 Å². The van der Waals surface area contributed by atoms with Crippen LogP contribution < -0.4 is 16.4 Å². The third-order valence-corrected chi connectivity index (χ3v) is 3.14. The molecule has 0 unspecified atom stereocenters. The number of halogens is 1. The van der Waals surface area contributed by atoms with Crippen LogP contribution in [0, 0.1) is 6.92 Å². The summed E-state index contributed by atoms with van der Waals surface area (Å²) in [5.74, 6) is 2.32. The van der Waals surface area contributed by atoms with Gasteiger partial charge in [0.25, 0.3) is 0 Å². The van der Waals surface area contributed by atoms with Crippen LogP contribution in [0.3, 0.4) is 0 Å². The van der Waals surface area contributed by atoms with Crippen molar-refractivity contribution in [3.63, 3.8) is 0 Å². The molecule has 0 bridgehead atoms. The second kappa shape index (κ2) is 7.21. The Morgan fingerprint density at radius 2 is 1.90 bits per heavy atom. The highest BCUT2D eigenvalue weighted by atomic mass is 79.9.